The van der Waals surface area contributed by atoms with E-state index in [-0.39, 0.29) is 18.0 Å². The molecule has 0 saturated carbocycles. The number of methoxy groups -OCH3 is 1. The Labute approximate surface area is 141 Å². The van der Waals surface area contributed by atoms with Gasteiger partial charge in [0.2, 0.25) is 5.91 Å². The summed E-state index contributed by atoms with van der Waals surface area (Å²) >= 11 is 0. The fraction of sp³-hybridized carbons (Fsp3) is 0.389. The van der Waals surface area contributed by atoms with Crippen molar-refractivity contribution in [2.24, 2.45) is 5.92 Å². The van der Waals surface area contributed by atoms with E-state index in [1.165, 1.54) is 10.7 Å². The molecule has 6 heteroatoms. The van der Waals surface area contributed by atoms with E-state index < -0.39 is 0 Å². The summed E-state index contributed by atoms with van der Waals surface area (Å²) < 4.78 is 6.31. The Morgan fingerprint density at radius 1 is 1.21 bits per heavy atom. The smallest absolute Gasteiger partial charge is 0.267 e. The fourth-order valence-corrected chi connectivity index (χ4v) is 2.17. The molecule has 0 radical (unpaired) electrons. The number of rotatable bonds is 7. The number of nitrogens with zero attached hydrogens (tertiary/aromatic N) is 2. The van der Waals surface area contributed by atoms with E-state index in [1.807, 2.05) is 24.3 Å². The van der Waals surface area contributed by atoms with Crippen molar-refractivity contribution in [2.75, 3.05) is 13.7 Å². The minimum absolute atomic E-state index is 0.0824. The zero-order valence-electron chi connectivity index (χ0n) is 14.3. The van der Waals surface area contributed by atoms with Gasteiger partial charge in [0.25, 0.3) is 5.56 Å². The molecule has 0 spiro atoms. The standard InChI is InChI=1S/C18H23N3O3/c1-13(2)10-11-19-17(22)12-21-18(23)9-8-16(20-21)14-4-6-15(24-3)7-5-14/h4-9,13H,10-12H2,1-3H3,(H,19,22). The number of amides is 1. The highest BCUT2D eigenvalue weighted by Crippen LogP contribution is 2.19. The van der Waals surface area contributed by atoms with Gasteiger partial charge in [-0.3, -0.25) is 9.59 Å². The van der Waals surface area contributed by atoms with Crippen LogP contribution in [0.2, 0.25) is 0 Å². The molecule has 1 amide bonds. The first kappa shape index (κ1) is 17.7. The summed E-state index contributed by atoms with van der Waals surface area (Å²) in [6.45, 7) is 4.71. The number of hydrogen-bond acceptors (Lipinski definition) is 4. The highest BCUT2D eigenvalue weighted by Gasteiger charge is 2.08. The Hall–Kier alpha value is -2.63. The zero-order valence-corrected chi connectivity index (χ0v) is 14.3. The van der Waals surface area contributed by atoms with E-state index in [0.717, 1.165) is 17.7 Å². The summed E-state index contributed by atoms with van der Waals surface area (Å²) in [6.07, 6.45) is 0.903. The third-order valence-electron chi connectivity index (χ3n) is 3.59. The Balaban J connectivity index is 2.10. The van der Waals surface area contributed by atoms with Crippen molar-refractivity contribution < 1.29 is 9.53 Å². The molecule has 6 nitrogen and oxygen atoms in total. The maximum absolute atomic E-state index is 12.0. The number of carbonyl (C=O) groups is 1. The number of benzene rings is 1. The van der Waals surface area contributed by atoms with E-state index in [2.05, 4.69) is 24.3 Å². The van der Waals surface area contributed by atoms with Gasteiger partial charge in [0.15, 0.2) is 0 Å². The lowest BCUT2D eigenvalue weighted by Crippen LogP contribution is -2.34. The van der Waals surface area contributed by atoms with Crippen LogP contribution in [0, 0.1) is 5.92 Å². The van der Waals surface area contributed by atoms with Crippen LogP contribution in [0.5, 0.6) is 5.75 Å². The Kier molecular flexibility index (Phi) is 6.12. The first-order valence-corrected chi connectivity index (χ1v) is 7.99. The summed E-state index contributed by atoms with van der Waals surface area (Å²) in [5, 5.41) is 7.09. The van der Waals surface area contributed by atoms with Crippen molar-refractivity contribution in [3.63, 3.8) is 0 Å². The van der Waals surface area contributed by atoms with Gasteiger partial charge in [-0.25, -0.2) is 4.68 Å². The molecule has 128 valence electrons. The normalized spacial score (nSPS) is 10.7. The molecule has 0 aliphatic rings. The van der Waals surface area contributed by atoms with Gasteiger partial charge >= 0.3 is 0 Å². The number of nitrogens with one attached hydrogen (secondary N) is 1. The van der Waals surface area contributed by atoms with Crippen LogP contribution in [0.1, 0.15) is 20.3 Å². The van der Waals surface area contributed by atoms with Crippen LogP contribution in [0.4, 0.5) is 0 Å². The number of hydrogen-bond donors (Lipinski definition) is 1. The second-order valence-corrected chi connectivity index (χ2v) is 5.98. The fourth-order valence-electron chi connectivity index (χ4n) is 2.17. The van der Waals surface area contributed by atoms with Crippen molar-refractivity contribution in [1.29, 1.82) is 0 Å². The monoisotopic (exact) mass is 329 g/mol. The van der Waals surface area contributed by atoms with Crippen LogP contribution in [0.25, 0.3) is 11.3 Å². The molecule has 0 bridgehead atoms. The van der Waals surface area contributed by atoms with Crippen molar-refractivity contribution in [1.82, 2.24) is 15.1 Å². The topological polar surface area (TPSA) is 73.2 Å². The van der Waals surface area contributed by atoms with Gasteiger partial charge in [-0.2, -0.15) is 5.10 Å². The molecule has 1 aromatic carbocycles. The van der Waals surface area contributed by atoms with E-state index >= 15 is 0 Å². The zero-order chi connectivity index (χ0) is 17.5. The quantitative estimate of drug-likeness (QED) is 0.844. The maximum atomic E-state index is 12.0. The molecule has 0 fully saturated rings. The summed E-state index contributed by atoms with van der Waals surface area (Å²) in [7, 11) is 1.60. The van der Waals surface area contributed by atoms with Crippen LogP contribution < -0.4 is 15.6 Å². The van der Waals surface area contributed by atoms with Gasteiger partial charge in [0, 0.05) is 18.2 Å². The van der Waals surface area contributed by atoms with Gasteiger partial charge in [-0.1, -0.05) is 13.8 Å². The van der Waals surface area contributed by atoms with Gasteiger partial charge < -0.3 is 10.1 Å². The molecule has 0 aliphatic heterocycles. The minimum Gasteiger partial charge on any atom is -0.497 e. The third kappa shape index (κ3) is 4.94. The highest BCUT2D eigenvalue weighted by molar-refractivity contribution is 5.75. The number of aromatic nitrogens is 2. The molecule has 24 heavy (non-hydrogen) atoms. The van der Waals surface area contributed by atoms with E-state index in [9.17, 15) is 9.59 Å². The van der Waals surface area contributed by atoms with Crippen LogP contribution in [0.15, 0.2) is 41.2 Å². The van der Waals surface area contributed by atoms with Crippen LogP contribution >= 0.6 is 0 Å². The summed E-state index contributed by atoms with van der Waals surface area (Å²) in [5.74, 6) is 1.05. The lowest BCUT2D eigenvalue weighted by atomic mass is 10.1. The van der Waals surface area contributed by atoms with Crippen molar-refractivity contribution in [3.8, 4) is 17.0 Å². The van der Waals surface area contributed by atoms with Crippen LogP contribution in [-0.4, -0.2) is 29.3 Å². The average molecular weight is 329 g/mol. The predicted molar refractivity (Wildman–Crippen MR) is 92.9 cm³/mol. The Morgan fingerprint density at radius 2 is 1.92 bits per heavy atom. The molecule has 2 rings (SSSR count). The lowest BCUT2D eigenvalue weighted by molar-refractivity contribution is -0.121. The highest BCUT2D eigenvalue weighted by atomic mass is 16.5. The molecule has 0 saturated heterocycles. The summed E-state index contributed by atoms with van der Waals surface area (Å²) in [5.41, 5.74) is 1.18. The molecule has 0 unspecified atom stereocenters. The number of ether oxygens (including phenoxy) is 1. The van der Waals surface area contributed by atoms with E-state index in [0.29, 0.717) is 18.2 Å². The molecule has 1 N–H and O–H groups in total. The lowest BCUT2D eigenvalue weighted by Gasteiger charge is -2.09. The van der Waals surface area contributed by atoms with Crippen molar-refractivity contribution in [3.05, 3.63) is 46.8 Å². The van der Waals surface area contributed by atoms with Crippen LogP contribution in [0.3, 0.4) is 0 Å². The van der Waals surface area contributed by atoms with Gasteiger partial charge in [-0.05, 0) is 42.7 Å². The summed E-state index contributed by atoms with van der Waals surface area (Å²) in [6, 6.07) is 10.4. The molecule has 0 atom stereocenters. The van der Waals surface area contributed by atoms with Gasteiger partial charge in [-0.15, -0.1) is 0 Å². The SMILES string of the molecule is COc1ccc(-c2ccc(=O)n(CC(=O)NCCC(C)C)n2)cc1. The van der Waals surface area contributed by atoms with E-state index in [4.69, 9.17) is 4.74 Å². The predicted octanol–water partition coefficient (Wildman–Crippen LogP) is 2.08. The molecule has 0 aliphatic carbocycles. The molecular formula is C18H23N3O3. The Morgan fingerprint density at radius 3 is 2.54 bits per heavy atom. The minimum atomic E-state index is -0.300. The second kappa shape index (κ2) is 8.29. The van der Waals surface area contributed by atoms with Crippen LogP contribution in [-0.2, 0) is 11.3 Å². The third-order valence-corrected chi connectivity index (χ3v) is 3.59. The van der Waals surface area contributed by atoms with Crippen molar-refractivity contribution >= 4 is 5.91 Å². The molecule has 2 aromatic rings. The van der Waals surface area contributed by atoms with Gasteiger partial charge in [0.05, 0.1) is 12.8 Å². The first-order chi connectivity index (χ1) is 11.5. The maximum Gasteiger partial charge on any atom is 0.267 e. The summed E-state index contributed by atoms with van der Waals surface area (Å²) in [4.78, 5) is 23.9. The molecule has 1 aromatic heterocycles. The molecule has 1 heterocycles. The largest absolute Gasteiger partial charge is 0.497 e. The first-order valence-electron chi connectivity index (χ1n) is 7.99. The molecular weight excluding hydrogens is 306 g/mol. The van der Waals surface area contributed by atoms with Crippen molar-refractivity contribution in [2.45, 2.75) is 26.8 Å². The van der Waals surface area contributed by atoms with Gasteiger partial charge in [0.1, 0.15) is 12.3 Å². The Bertz CT molecular complexity index is 736. The second-order valence-electron chi connectivity index (χ2n) is 5.98. The average Bonchev–Trinajstić information content (AvgIpc) is 2.56. The number of carbonyl (C=O) groups excluding carboxylic acids is 1. The van der Waals surface area contributed by atoms with E-state index in [1.54, 1.807) is 13.2 Å².